The smallest absolute Gasteiger partial charge is 0.176 e. The summed E-state index contributed by atoms with van der Waals surface area (Å²) < 4.78 is 13.0. The van der Waals surface area contributed by atoms with Gasteiger partial charge in [0.05, 0.1) is 11.0 Å². The van der Waals surface area contributed by atoms with Gasteiger partial charge in [0.1, 0.15) is 11.6 Å². The van der Waals surface area contributed by atoms with Gasteiger partial charge < -0.3 is 10.4 Å². The quantitative estimate of drug-likeness (QED) is 0.815. The predicted molar refractivity (Wildman–Crippen MR) is 54.0 cm³/mol. The van der Waals surface area contributed by atoms with Gasteiger partial charge in [0, 0.05) is 5.56 Å². The minimum atomic E-state index is -0.649. The topological polar surface area (TPSA) is 49.3 Å². The van der Waals surface area contributed by atoms with E-state index in [4.69, 9.17) is 0 Å². The molecule has 0 heterocycles. The first kappa shape index (κ1) is 11.1. The van der Waals surface area contributed by atoms with Crippen LogP contribution in [0.5, 0.6) is 5.75 Å². The highest BCUT2D eigenvalue weighted by molar-refractivity contribution is 9.10. The third-order valence-electron chi connectivity index (χ3n) is 1.67. The molecule has 0 saturated carbocycles. The highest BCUT2D eigenvalue weighted by atomic mass is 79.9. The van der Waals surface area contributed by atoms with E-state index < -0.39 is 5.82 Å². The highest BCUT2D eigenvalue weighted by Gasteiger charge is 2.11. The van der Waals surface area contributed by atoms with E-state index >= 15 is 0 Å². The summed E-state index contributed by atoms with van der Waals surface area (Å²) in [6.07, 6.45) is 0. The Hall–Kier alpha value is -0.940. The fraction of sp³-hybridized carbons (Fsp3) is 0.222. The molecule has 2 N–H and O–H groups in total. The standard InChI is InChI=1S/C9H9BrFNO2/c1-12-4-8(14)5-2-6(11)9(10)7(13)3-5/h2-3,12-13H,4H2,1H3. The van der Waals surface area contributed by atoms with Crippen molar-refractivity contribution < 1.29 is 14.3 Å². The number of hydrogen-bond acceptors (Lipinski definition) is 3. The van der Waals surface area contributed by atoms with Crippen LogP contribution in [0.4, 0.5) is 4.39 Å². The number of aromatic hydroxyl groups is 1. The molecular formula is C9H9BrFNO2. The average molecular weight is 262 g/mol. The number of ketones is 1. The maximum absolute atomic E-state index is 13.1. The summed E-state index contributed by atoms with van der Waals surface area (Å²) in [7, 11) is 1.62. The molecule has 0 saturated heterocycles. The molecule has 0 unspecified atom stereocenters. The van der Waals surface area contributed by atoms with Gasteiger partial charge in [-0.1, -0.05) is 0 Å². The molecule has 0 fully saturated rings. The van der Waals surface area contributed by atoms with Gasteiger partial charge in [-0.05, 0) is 35.1 Å². The molecule has 0 bridgehead atoms. The molecule has 1 rings (SSSR count). The van der Waals surface area contributed by atoms with Gasteiger partial charge in [-0.25, -0.2) is 4.39 Å². The van der Waals surface area contributed by atoms with Gasteiger partial charge in [0.15, 0.2) is 5.78 Å². The molecule has 3 nitrogen and oxygen atoms in total. The number of benzene rings is 1. The first-order chi connectivity index (χ1) is 6.56. The fourth-order valence-electron chi connectivity index (χ4n) is 0.998. The average Bonchev–Trinajstić information content (AvgIpc) is 2.13. The third kappa shape index (κ3) is 2.30. The molecule has 0 atom stereocenters. The van der Waals surface area contributed by atoms with Gasteiger partial charge in [0.2, 0.25) is 0 Å². The lowest BCUT2D eigenvalue weighted by Crippen LogP contribution is -2.18. The number of halogens is 2. The fourth-order valence-corrected chi connectivity index (χ4v) is 1.23. The molecular weight excluding hydrogens is 253 g/mol. The molecule has 76 valence electrons. The molecule has 1 aromatic rings. The number of carbonyl (C=O) groups excluding carboxylic acids is 1. The number of phenols is 1. The minimum absolute atomic E-state index is 0.0292. The van der Waals surface area contributed by atoms with E-state index in [1.165, 1.54) is 6.07 Å². The Labute approximate surface area is 89.1 Å². The summed E-state index contributed by atoms with van der Waals surface area (Å²) in [6.45, 7) is 0.112. The van der Waals surface area contributed by atoms with Crippen LogP contribution in [0.1, 0.15) is 10.4 Å². The summed E-state index contributed by atoms with van der Waals surface area (Å²) in [6, 6.07) is 2.32. The van der Waals surface area contributed by atoms with Crippen molar-refractivity contribution in [3.63, 3.8) is 0 Å². The van der Waals surface area contributed by atoms with Crippen LogP contribution in [0.25, 0.3) is 0 Å². The van der Waals surface area contributed by atoms with Crippen molar-refractivity contribution in [3.05, 3.63) is 28.0 Å². The van der Waals surface area contributed by atoms with Crippen LogP contribution in [0, 0.1) is 5.82 Å². The van der Waals surface area contributed by atoms with E-state index in [1.807, 2.05) is 0 Å². The SMILES string of the molecule is CNCC(=O)c1cc(O)c(Br)c(F)c1. The maximum atomic E-state index is 13.1. The number of hydrogen-bond donors (Lipinski definition) is 2. The monoisotopic (exact) mass is 261 g/mol. The van der Waals surface area contributed by atoms with Crippen LogP contribution in [0.15, 0.2) is 16.6 Å². The summed E-state index contributed by atoms with van der Waals surface area (Å²) >= 11 is 2.85. The highest BCUT2D eigenvalue weighted by Crippen LogP contribution is 2.28. The second-order valence-corrected chi connectivity index (χ2v) is 3.54. The lowest BCUT2D eigenvalue weighted by molar-refractivity contribution is 0.0992. The van der Waals surface area contributed by atoms with Crippen molar-refractivity contribution >= 4 is 21.7 Å². The van der Waals surface area contributed by atoms with Crippen LogP contribution in [-0.4, -0.2) is 24.5 Å². The number of rotatable bonds is 3. The van der Waals surface area contributed by atoms with E-state index in [2.05, 4.69) is 21.2 Å². The van der Waals surface area contributed by atoms with Crippen LogP contribution < -0.4 is 5.32 Å². The first-order valence-electron chi connectivity index (χ1n) is 3.92. The molecule has 0 spiro atoms. The Morgan fingerprint density at radius 3 is 2.79 bits per heavy atom. The van der Waals surface area contributed by atoms with Crippen molar-refractivity contribution in [3.8, 4) is 5.75 Å². The Bertz CT molecular complexity index is 345. The molecule has 1 aromatic carbocycles. The summed E-state index contributed by atoms with van der Waals surface area (Å²) in [5, 5.41) is 11.9. The Balaban J connectivity index is 3.06. The first-order valence-corrected chi connectivity index (χ1v) is 4.71. The normalized spacial score (nSPS) is 10.2. The second-order valence-electron chi connectivity index (χ2n) is 2.74. The van der Waals surface area contributed by atoms with Gasteiger partial charge in [-0.15, -0.1) is 0 Å². The molecule has 0 radical (unpaired) electrons. The zero-order chi connectivity index (χ0) is 10.7. The summed E-state index contributed by atoms with van der Waals surface area (Å²) in [5.74, 6) is -1.19. The molecule has 5 heteroatoms. The van der Waals surface area contributed by atoms with Crippen LogP contribution in [0.2, 0.25) is 0 Å². The summed E-state index contributed by atoms with van der Waals surface area (Å²) in [4.78, 5) is 11.3. The number of carbonyl (C=O) groups is 1. The van der Waals surface area contributed by atoms with Crippen molar-refractivity contribution in [2.45, 2.75) is 0 Å². The van der Waals surface area contributed by atoms with Gasteiger partial charge in [0.25, 0.3) is 0 Å². The number of nitrogens with one attached hydrogen (secondary N) is 1. The second kappa shape index (κ2) is 4.52. The molecule has 0 aromatic heterocycles. The predicted octanol–water partition coefficient (Wildman–Crippen LogP) is 1.70. The number of phenolic OH excluding ortho intramolecular Hbond substituents is 1. The van der Waals surface area contributed by atoms with E-state index in [9.17, 15) is 14.3 Å². The largest absolute Gasteiger partial charge is 0.507 e. The minimum Gasteiger partial charge on any atom is -0.507 e. The Morgan fingerprint density at radius 1 is 1.64 bits per heavy atom. The van der Waals surface area contributed by atoms with Crippen molar-refractivity contribution in [1.29, 1.82) is 0 Å². The lowest BCUT2D eigenvalue weighted by Gasteiger charge is -2.03. The maximum Gasteiger partial charge on any atom is 0.176 e. The Morgan fingerprint density at radius 2 is 2.29 bits per heavy atom. The van der Waals surface area contributed by atoms with E-state index in [0.29, 0.717) is 0 Å². The molecule has 14 heavy (non-hydrogen) atoms. The van der Waals surface area contributed by atoms with Crippen LogP contribution >= 0.6 is 15.9 Å². The number of likely N-dealkylation sites (N-methyl/N-ethyl adjacent to an activating group) is 1. The van der Waals surface area contributed by atoms with Crippen molar-refractivity contribution in [1.82, 2.24) is 5.32 Å². The van der Waals surface area contributed by atoms with E-state index in [1.54, 1.807) is 7.05 Å². The number of Topliss-reactive ketones (excluding diaryl/α,β-unsaturated/α-hetero) is 1. The third-order valence-corrected chi connectivity index (χ3v) is 2.45. The van der Waals surface area contributed by atoms with Crippen molar-refractivity contribution in [2.24, 2.45) is 0 Å². The van der Waals surface area contributed by atoms with E-state index in [0.717, 1.165) is 6.07 Å². The zero-order valence-corrected chi connectivity index (χ0v) is 9.06. The Kier molecular flexibility index (Phi) is 3.60. The van der Waals surface area contributed by atoms with E-state index in [-0.39, 0.29) is 28.1 Å². The van der Waals surface area contributed by atoms with Crippen LogP contribution in [-0.2, 0) is 0 Å². The lowest BCUT2D eigenvalue weighted by atomic mass is 10.1. The van der Waals surface area contributed by atoms with Crippen molar-refractivity contribution in [2.75, 3.05) is 13.6 Å². The van der Waals surface area contributed by atoms with Gasteiger partial charge >= 0.3 is 0 Å². The molecule has 0 amide bonds. The van der Waals surface area contributed by atoms with Gasteiger partial charge in [-0.3, -0.25) is 4.79 Å². The summed E-state index contributed by atoms with van der Waals surface area (Å²) in [5.41, 5.74) is 0.151. The molecule has 0 aliphatic rings. The van der Waals surface area contributed by atoms with Gasteiger partial charge in [-0.2, -0.15) is 0 Å². The molecule has 0 aliphatic carbocycles. The zero-order valence-electron chi connectivity index (χ0n) is 7.47. The molecule has 0 aliphatic heterocycles. The van der Waals surface area contributed by atoms with Crippen LogP contribution in [0.3, 0.4) is 0 Å².